The second-order valence-electron chi connectivity index (χ2n) is 10.3. The van der Waals surface area contributed by atoms with Crippen molar-refractivity contribution in [3.8, 4) is 0 Å². The molecule has 8 nitrogen and oxygen atoms in total. The molecular formula is C27H37N5O3. The van der Waals surface area contributed by atoms with E-state index in [1.807, 2.05) is 16.5 Å². The third-order valence-corrected chi connectivity index (χ3v) is 8.15. The smallest absolute Gasteiger partial charge is 0.274 e. The number of likely N-dealkylation sites (tertiary alicyclic amines) is 1. The molecule has 1 aromatic heterocycles. The number of rotatable bonds is 4. The van der Waals surface area contributed by atoms with Crippen LogP contribution in [0.2, 0.25) is 0 Å². The highest BCUT2D eigenvalue weighted by Crippen LogP contribution is 2.30. The second kappa shape index (κ2) is 9.64. The Morgan fingerprint density at radius 1 is 1.00 bits per heavy atom. The fraction of sp³-hybridized carbons (Fsp3) is 0.593. The van der Waals surface area contributed by atoms with E-state index in [1.54, 1.807) is 4.90 Å². The maximum absolute atomic E-state index is 13.5. The Bertz CT molecular complexity index is 1110. The molecule has 0 unspecified atom stereocenters. The summed E-state index contributed by atoms with van der Waals surface area (Å²) in [4.78, 5) is 32.9. The van der Waals surface area contributed by atoms with E-state index in [1.165, 1.54) is 16.8 Å². The van der Waals surface area contributed by atoms with E-state index in [2.05, 4.69) is 36.9 Å². The zero-order valence-corrected chi connectivity index (χ0v) is 21.2. The third kappa shape index (κ3) is 4.44. The number of benzene rings is 1. The highest BCUT2D eigenvalue weighted by Gasteiger charge is 2.34. The summed E-state index contributed by atoms with van der Waals surface area (Å²) in [5.74, 6) is 0.0125. The molecule has 0 spiro atoms. The van der Waals surface area contributed by atoms with Gasteiger partial charge in [-0.15, -0.1) is 0 Å². The van der Waals surface area contributed by atoms with Crippen molar-refractivity contribution in [2.45, 2.75) is 65.0 Å². The van der Waals surface area contributed by atoms with Gasteiger partial charge in [0.05, 0.1) is 6.10 Å². The lowest BCUT2D eigenvalue weighted by Crippen LogP contribution is -2.50. The second-order valence-corrected chi connectivity index (χ2v) is 10.3. The van der Waals surface area contributed by atoms with Crippen molar-refractivity contribution in [2.24, 2.45) is 0 Å². The first-order chi connectivity index (χ1) is 16.8. The summed E-state index contributed by atoms with van der Waals surface area (Å²) in [5, 5.41) is 14.5. The summed E-state index contributed by atoms with van der Waals surface area (Å²) in [7, 11) is 0. The minimum absolute atomic E-state index is 0.0596. The van der Waals surface area contributed by atoms with Crippen molar-refractivity contribution >= 4 is 17.5 Å². The number of fused-ring (bicyclic) bond motifs is 1. The number of hydrogen-bond donors (Lipinski definition) is 1. The van der Waals surface area contributed by atoms with Crippen LogP contribution in [0, 0.1) is 13.8 Å². The van der Waals surface area contributed by atoms with Gasteiger partial charge in [0.1, 0.15) is 6.04 Å². The quantitative estimate of drug-likeness (QED) is 0.729. The summed E-state index contributed by atoms with van der Waals surface area (Å²) in [6.07, 6.45) is 3.57. The summed E-state index contributed by atoms with van der Waals surface area (Å²) in [6.45, 7) is 10.3. The number of aromatic nitrogens is 2. The van der Waals surface area contributed by atoms with Crippen LogP contribution in [0.25, 0.3) is 0 Å². The highest BCUT2D eigenvalue weighted by molar-refractivity contribution is 5.94. The molecule has 1 atom stereocenters. The Hall–Kier alpha value is -2.87. The standard InChI is InChI=1S/C27H37N5O3/c1-18-6-4-8-23(19(18)2)29-14-16-31(17-15-29)26(34)20(3)32-24-9-5-7-22(24)25(28-32)27(35)30-12-10-21(33)11-13-30/h4,6,8,20-21,33H,5,7,9-17H2,1-3H3/t20-/m1/s1. The SMILES string of the molecule is Cc1cccc(N2CCN(C(=O)[C@@H](C)n3nc(C(=O)N4CCC(O)CC4)c4c3CCC4)CC2)c1C. The van der Waals surface area contributed by atoms with Crippen molar-refractivity contribution in [3.05, 3.63) is 46.3 Å². The van der Waals surface area contributed by atoms with E-state index in [0.29, 0.717) is 44.7 Å². The molecule has 2 saturated heterocycles. The maximum atomic E-state index is 13.5. The number of aliphatic hydroxyl groups is 1. The molecule has 0 radical (unpaired) electrons. The molecule has 3 heterocycles. The van der Waals surface area contributed by atoms with Gasteiger partial charge in [-0.3, -0.25) is 14.3 Å². The van der Waals surface area contributed by atoms with Crippen LogP contribution < -0.4 is 4.90 Å². The zero-order valence-electron chi connectivity index (χ0n) is 21.2. The lowest BCUT2D eigenvalue weighted by Gasteiger charge is -2.38. The van der Waals surface area contributed by atoms with Gasteiger partial charge in [0, 0.05) is 56.2 Å². The lowest BCUT2D eigenvalue weighted by molar-refractivity contribution is -0.134. The van der Waals surface area contributed by atoms with E-state index in [0.717, 1.165) is 43.6 Å². The van der Waals surface area contributed by atoms with E-state index < -0.39 is 6.04 Å². The average molecular weight is 480 g/mol. The summed E-state index contributed by atoms with van der Waals surface area (Å²) >= 11 is 0. The zero-order chi connectivity index (χ0) is 24.7. The van der Waals surface area contributed by atoms with Gasteiger partial charge in [-0.25, -0.2) is 0 Å². The van der Waals surface area contributed by atoms with Crippen LogP contribution in [0.5, 0.6) is 0 Å². The predicted molar refractivity (Wildman–Crippen MR) is 135 cm³/mol. The predicted octanol–water partition coefficient (Wildman–Crippen LogP) is 2.50. The van der Waals surface area contributed by atoms with Gasteiger partial charge in [0.25, 0.3) is 5.91 Å². The molecule has 35 heavy (non-hydrogen) atoms. The fourth-order valence-corrected chi connectivity index (χ4v) is 5.79. The monoisotopic (exact) mass is 479 g/mol. The van der Waals surface area contributed by atoms with Crippen molar-refractivity contribution in [3.63, 3.8) is 0 Å². The van der Waals surface area contributed by atoms with Crippen molar-refractivity contribution in [1.82, 2.24) is 19.6 Å². The molecule has 2 aromatic rings. The summed E-state index contributed by atoms with van der Waals surface area (Å²) < 4.78 is 1.83. The van der Waals surface area contributed by atoms with Crippen molar-refractivity contribution in [1.29, 1.82) is 0 Å². The van der Waals surface area contributed by atoms with Crippen LogP contribution in [-0.4, -0.2) is 81.9 Å². The largest absolute Gasteiger partial charge is 0.393 e. The van der Waals surface area contributed by atoms with Gasteiger partial charge in [-0.05, 0) is 70.1 Å². The highest BCUT2D eigenvalue weighted by atomic mass is 16.3. The van der Waals surface area contributed by atoms with E-state index in [-0.39, 0.29) is 17.9 Å². The molecule has 2 aliphatic heterocycles. The molecule has 2 fully saturated rings. The number of aliphatic hydroxyl groups excluding tert-OH is 1. The van der Waals surface area contributed by atoms with Crippen molar-refractivity contribution < 1.29 is 14.7 Å². The molecule has 3 aliphatic rings. The Balaban J connectivity index is 1.29. The number of piperidine rings is 1. The van der Waals surface area contributed by atoms with Crippen molar-refractivity contribution in [2.75, 3.05) is 44.2 Å². The Morgan fingerprint density at radius 3 is 2.43 bits per heavy atom. The van der Waals surface area contributed by atoms with Crippen LogP contribution in [0.15, 0.2) is 18.2 Å². The third-order valence-electron chi connectivity index (χ3n) is 8.15. The first-order valence-electron chi connectivity index (χ1n) is 13.0. The Kier molecular flexibility index (Phi) is 6.57. The molecule has 1 aliphatic carbocycles. The number of aryl methyl sites for hydroxylation is 1. The first-order valence-corrected chi connectivity index (χ1v) is 13.0. The van der Waals surface area contributed by atoms with Gasteiger partial charge in [0.2, 0.25) is 5.91 Å². The molecule has 2 amide bonds. The van der Waals surface area contributed by atoms with Gasteiger partial charge >= 0.3 is 0 Å². The molecule has 1 aromatic carbocycles. The number of carbonyl (C=O) groups is 2. The Morgan fingerprint density at radius 2 is 1.71 bits per heavy atom. The van der Waals surface area contributed by atoms with Crippen LogP contribution >= 0.6 is 0 Å². The van der Waals surface area contributed by atoms with Crippen LogP contribution in [0.3, 0.4) is 0 Å². The van der Waals surface area contributed by atoms with Crippen LogP contribution in [0.1, 0.15) is 65.1 Å². The number of hydrogen-bond acceptors (Lipinski definition) is 5. The molecule has 0 saturated carbocycles. The first kappa shape index (κ1) is 23.9. The summed E-state index contributed by atoms with van der Waals surface area (Å²) in [5.41, 5.74) is 6.40. The molecule has 188 valence electrons. The number of carbonyl (C=O) groups excluding carboxylic acids is 2. The lowest BCUT2D eigenvalue weighted by atomic mass is 10.1. The molecule has 5 rings (SSSR count). The van der Waals surface area contributed by atoms with E-state index in [9.17, 15) is 14.7 Å². The number of anilines is 1. The Labute approximate surface area is 207 Å². The van der Waals surface area contributed by atoms with Crippen LogP contribution in [-0.2, 0) is 17.6 Å². The average Bonchev–Trinajstić information content (AvgIpc) is 3.48. The molecule has 8 heteroatoms. The molecular weight excluding hydrogens is 442 g/mol. The maximum Gasteiger partial charge on any atom is 0.274 e. The number of amides is 2. The van der Waals surface area contributed by atoms with Gasteiger partial charge in [-0.1, -0.05) is 12.1 Å². The van der Waals surface area contributed by atoms with Gasteiger partial charge < -0.3 is 19.8 Å². The van der Waals surface area contributed by atoms with E-state index >= 15 is 0 Å². The molecule has 1 N–H and O–H groups in total. The molecule has 0 bridgehead atoms. The van der Waals surface area contributed by atoms with Crippen LogP contribution in [0.4, 0.5) is 5.69 Å². The van der Waals surface area contributed by atoms with E-state index in [4.69, 9.17) is 5.10 Å². The summed E-state index contributed by atoms with van der Waals surface area (Å²) in [6, 6.07) is 5.97. The fourth-order valence-electron chi connectivity index (χ4n) is 5.79. The topological polar surface area (TPSA) is 81.9 Å². The van der Waals surface area contributed by atoms with Gasteiger partial charge in [-0.2, -0.15) is 5.10 Å². The minimum atomic E-state index is -0.432. The number of nitrogens with zero attached hydrogens (tertiary/aromatic N) is 5. The van der Waals surface area contributed by atoms with Gasteiger partial charge in [0.15, 0.2) is 5.69 Å². The normalized spacial score (nSPS) is 19.7. The number of piperazine rings is 1. The minimum Gasteiger partial charge on any atom is -0.393 e.